The van der Waals surface area contributed by atoms with Crippen molar-refractivity contribution in [2.45, 2.75) is 26.7 Å². The van der Waals surface area contributed by atoms with E-state index in [-0.39, 0.29) is 10.7 Å². The van der Waals surface area contributed by atoms with Gasteiger partial charge in [0.2, 0.25) is 0 Å². The molecule has 0 radical (unpaired) electrons. The smallest absolute Gasteiger partial charge is 0.270 e. The van der Waals surface area contributed by atoms with Gasteiger partial charge in [0.1, 0.15) is 11.3 Å². The molecule has 0 saturated carbocycles. The number of hydrogen-bond acceptors (Lipinski definition) is 4. The summed E-state index contributed by atoms with van der Waals surface area (Å²) in [5.41, 5.74) is 2.45. The predicted octanol–water partition coefficient (Wildman–Crippen LogP) is 5.19. The van der Waals surface area contributed by atoms with Crippen LogP contribution in [0.2, 0.25) is 0 Å². The Kier molecular flexibility index (Phi) is 6.06. The number of carbonyl (C=O) groups is 2. The van der Waals surface area contributed by atoms with Crippen LogP contribution in [-0.2, 0) is 9.59 Å². The Morgan fingerprint density at radius 2 is 1.75 bits per heavy atom. The van der Waals surface area contributed by atoms with Gasteiger partial charge in [0, 0.05) is 5.56 Å². The molecule has 0 bridgehead atoms. The number of rotatable bonds is 5. The molecule has 1 fully saturated rings. The van der Waals surface area contributed by atoms with Crippen LogP contribution < -0.4 is 15.0 Å². The molecule has 0 aromatic heterocycles. The van der Waals surface area contributed by atoms with Gasteiger partial charge in [-0.1, -0.05) is 56.3 Å². The molecule has 1 aliphatic rings. The van der Waals surface area contributed by atoms with Crippen LogP contribution in [0.15, 0.2) is 66.2 Å². The van der Waals surface area contributed by atoms with Crippen molar-refractivity contribution in [2.75, 3.05) is 11.5 Å². The molecule has 2 amide bonds. The molecule has 0 spiro atoms. The van der Waals surface area contributed by atoms with Gasteiger partial charge in [-0.15, -0.1) is 0 Å². The molecule has 3 aromatic rings. The lowest BCUT2D eigenvalue weighted by molar-refractivity contribution is -0.122. The lowest BCUT2D eigenvalue weighted by Gasteiger charge is -2.29. The first-order chi connectivity index (χ1) is 15.4. The van der Waals surface area contributed by atoms with Gasteiger partial charge in [-0.05, 0) is 65.7 Å². The Labute approximate surface area is 192 Å². The summed E-state index contributed by atoms with van der Waals surface area (Å²) in [6.07, 6.45) is 1.60. The standard InChI is InChI=1S/C26H24N2O3S/c1-4-31-23-14-11-18-7-5-6-8-20(18)21(23)15-22-24(29)27-26(32)28(25(22)30)19-12-9-17(10-13-19)16(2)3/h5-16H,4H2,1-3H3,(H,27,29,32)/b22-15+. The van der Waals surface area contributed by atoms with Crippen molar-refractivity contribution in [3.8, 4) is 5.75 Å². The molecule has 32 heavy (non-hydrogen) atoms. The largest absolute Gasteiger partial charge is 0.493 e. The van der Waals surface area contributed by atoms with Crippen LogP contribution in [0.4, 0.5) is 5.69 Å². The fourth-order valence-corrected chi connectivity index (χ4v) is 4.03. The minimum atomic E-state index is -0.523. The number of ether oxygens (including phenoxy) is 1. The molecule has 1 N–H and O–H groups in total. The number of amides is 2. The van der Waals surface area contributed by atoms with Crippen LogP contribution in [0, 0.1) is 0 Å². The molecule has 0 unspecified atom stereocenters. The lowest BCUT2D eigenvalue weighted by Crippen LogP contribution is -2.54. The van der Waals surface area contributed by atoms with E-state index in [4.69, 9.17) is 17.0 Å². The van der Waals surface area contributed by atoms with E-state index in [9.17, 15) is 9.59 Å². The minimum Gasteiger partial charge on any atom is -0.493 e. The third kappa shape index (κ3) is 4.01. The third-order valence-electron chi connectivity index (χ3n) is 5.44. The Morgan fingerprint density at radius 1 is 1.03 bits per heavy atom. The van der Waals surface area contributed by atoms with Crippen molar-refractivity contribution in [3.63, 3.8) is 0 Å². The highest BCUT2D eigenvalue weighted by Crippen LogP contribution is 2.32. The maximum atomic E-state index is 13.4. The van der Waals surface area contributed by atoms with E-state index in [1.54, 1.807) is 6.08 Å². The van der Waals surface area contributed by atoms with E-state index in [0.717, 1.165) is 16.3 Å². The second-order valence-corrected chi connectivity index (χ2v) is 8.22. The first-order valence-electron chi connectivity index (χ1n) is 10.6. The van der Waals surface area contributed by atoms with E-state index in [1.807, 2.05) is 67.6 Å². The van der Waals surface area contributed by atoms with Crippen LogP contribution in [-0.4, -0.2) is 23.5 Å². The minimum absolute atomic E-state index is 0.00356. The Balaban J connectivity index is 1.81. The van der Waals surface area contributed by atoms with Crippen LogP contribution in [0.1, 0.15) is 37.8 Å². The average Bonchev–Trinajstić information content (AvgIpc) is 2.78. The van der Waals surface area contributed by atoms with Crippen LogP contribution in [0.25, 0.3) is 16.8 Å². The molecule has 4 rings (SSSR count). The highest BCUT2D eigenvalue weighted by molar-refractivity contribution is 7.80. The van der Waals surface area contributed by atoms with E-state index in [1.165, 1.54) is 4.90 Å². The molecule has 1 saturated heterocycles. The zero-order valence-corrected chi connectivity index (χ0v) is 19.0. The predicted molar refractivity (Wildman–Crippen MR) is 132 cm³/mol. The summed E-state index contributed by atoms with van der Waals surface area (Å²) in [5, 5.41) is 4.61. The Morgan fingerprint density at radius 3 is 2.44 bits per heavy atom. The Bertz CT molecular complexity index is 1250. The quantitative estimate of drug-likeness (QED) is 0.334. The second-order valence-electron chi connectivity index (χ2n) is 7.84. The van der Waals surface area contributed by atoms with Crippen molar-refractivity contribution in [1.82, 2.24) is 5.32 Å². The highest BCUT2D eigenvalue weighted by Gasteiger charge is 2.34. The van der Waals surface area contributed by atoms with Crippen molar-refractivity contribution in [2.24, 2.45) is 0 Å². The van der Waals surface area contributed by atoms with Gasteiger partial charge in [0.05, 0.1) is 12.3 Å². The molecule has 0 atom stereocenters. The maximum absolute atomic E-state index is 13.4. The van der Waals surface area contributed by atoms with E-state index in [0.29, 0.717) is 29.5 Å². The number of fused-ring (bicyclic) bond motifs is 1. The summed E-state index contributed by atoms with van der Waals surface area (Å²) in [4.78, 5) is 27.6. The summed E-state index contributed by atoms with van der Waals surface area (Å²) in [5.74, 6) is -0.0104. The zero-order chi connectivity index (χ0) is 22.8. The molecule has 1 heterocycles. The summed E-state index contributed by atoms with van der Waals surface area (Å²) in [6.45, 7) is 6.57. The Hall–Kier alpha value is -3.51. The number of nitrogens with one attached hydrogen (secondary N) is 1. The zero-order valence-electron chi connectivity index (χ0n) is 18.2. The van der Waals surface area contributed by atoms with Crippen LogP contribution in [0.3, 0.4) is 0 Å². The first-order valence-corrected chi connectivity index (χ1v) is 11.0. The van der Waals surface area contributed by atoms with E-state index < -0.39 is 11.8 Å². The van der Waals surface area contributed by atoms with E-state index >= 15 is 0 Å². The SMILES string of the molecule is CCOc1ccc2ccccc2c1/C=C1\C(=O)NC(=S)N(c2ccc(C(C)C)cc2)C1=O. The fourth-order valence-electron chi connectivity index (χ4n) is 3.75. The van der Waals surface area contributed by atoms with Crippen LogP contribution >= 0.6 is 12.2 Å². The normalized spacial score (nSPS) is 15.6. The molecule has 1 aliphatic heterocycles. The fraction of sp³-hybridized carbons (Fsp3) is 0.192. The molecule has 5 nitrogen and oxygen atoms in total. The molecule has 0 aliphatic carbocycles. The highest BCUT2D eigenvalue weighted by atomic mass is 32.1. The van der Waals surface area contributed by atoms with Gasteiger partial charge in [0.15, 0.2) is 5.11 Å². The van der Waals surface area contributed by atoms with Gasteiger partial charge in [-0.25, -0.2) is 0 Å². The van der Waals surface area contributed by atoms with Gasteiger partial charge in [-0.2, -0.15) is 0 Å². The number of anilines is 1. The maximum Gasteiger partial charge on any atom is 0.270 e. The van der Waals surface area contributed by atoms with Gasteiger partial charge in [-0.3, -0.25) is 19.8 Å². The number of nitrogens with zero attached hydrogens (tertiary/aromatic N) is 1. The number of benzene rings is 3. The van der Waals surface area contributed by atoms with E-state index in [2.05, 4.69) is 19.2 Å². The number of carbonyl (C=O) groups excluding carboxylic acids is 2. The average molecular weight is 445 g/mol. The van der Waals surface area contributed by atoms with Crippen LogP contribution in [0.5, 0.6) is 5.75 Å². The summed E-state index contributed by atoms with van der Waals surface area (Å²) in [6, 6.07) is 19.2. The monoisotopic (exact) mass is 444 g/mol. The summed E-state index contributed by atoms with van der Waals surface area (Å²) < 4.78 is 5.80. The number of thiocarbonyl (C=S) groups is 1. The molecule has 6 heteroatoms. The van der Waals surface area contributed by atoms with Crippen molar-refractivity contribution in [3.05, 3.63) is 77.4 Å². The number of hydrogen-bond donors (Lipinski definition) is 1. The summed E-state index contributed by atoms with van der Waals surface area (Å²) >= 11 is 5.33. The van der Waals surface area contributed by atoms with Crippen molar-refractivity contribution in [1.29, 1.82) is 0 Å². The topological polar surface area (TPSA) is 58.6 Å². The third-order valence-corrected chi connectivity index (χ3v) is 5.72. The van der Waals surface area contributed by atoms with Crippen molar-refractivity contribution >= 4 is 51.7 Å². The van der Waals surface area contributed by atoms with Gasteiger partial charge < -0.3 is 4.74 Å². The van der Waals surface area contributed by atoms with Crippen molar-refractivity contribution < 1.29 is 14.3 Å². The summed E-state index contributed by atoms with van der Waals surface area (Å²) in [7, 11) is 0. The molecular weight excluding hydrogens is 420 g/mol. The lowest BCUT2D eigenvalue weighted by atomic mass is 9.99. The molecule has 162 valence electrons. The second kappa shape index (κ2) is 8.93. The van der Waals surface area contributed by atoms with Gasteiger partial charge >= 0.3 is 0 Å². The van der Waals surface area contributed by atoms with Gasteiger partial charge in [0.25, 0.3) is 11.8 Å². The molecular formula is C26H24N2O3S. The first kappa shape index (κ1) is 21.7. The molecule has 3 aromatic carbocycles.